The van der Waals surface area contributed by atoms with E-state index in [1.807, 2.05) is 30.3 Å². The molecule has 6 nitrogen and oxygen atoms in total. The van der Waals surface area contributed by atoms with Gasteiger partial charge in [0.15, 0.2) is 0 Å². The van der Waals surface area contributed by atoms with Crippen molar-refractivity contribution >= 4 is 29.7 Å². The standard InChI is InChI=1S/C19H18N2O4S/c1-20-19(24)21-18(23)17(14-8-4-2-5-9-14)25-16(22)12-13-26-15-10-6-3-7-11-15/h2-13,17H,1H3,(H2,20,21,23,24)/b13-12+/t17-/m1/s1. The Morgan fingerprint density at radius 3 is 2.23 bits per heavy atom. The van der Waals surface area contributed by atoms with Crippen LogP contribution in [0.25, 0.3) is 0 Å². The van der Waals surface area contributed by atoms with Gasteiger partial charge in [0.05, 0.1) is 0 Å². The summed E-state index contributed by atoms with van der Waals surface area (Å²) in [4.78, 5) is 36.7. The second-order valence-electron chi connectivity index (χ2n) is 5.03. The first-order chi connectivity index (χ1) is 12.6. The van der Waals surface area contributed by atoms with Crippen LogP contribution in [0.5, 0.6) is 0 Å². The molecule has 0 aliphatic heterocycles. The molecule has 0 aliphatic carbocycles. The zero-order chi connectivity index (χ0) is 18.8. The van der Waals surface area contributed by atoms with Crippen LogP contribution in [-0.2, 0) is 14.3 Å². The van der Waals surface area contributed by atoms with Gasteiger partial charge in [-0.2, -0.15) is 0 Å². The van der Waals surface area contributed by atoms with Crippen molar-refractivity contribution in [2.45, 2.75) is 11.0 Å². The summed E-state index contributed by atoms with van der Waals surface area (Å²) in [6, 6.07) is 17.3. The molecule has 2 aromatic rings. The monoisotopic (exact) mass is 370 g/mol. The van der Waals surface area contributed by atoms with Crippen LogP contribution < -0.4 is 10.6 Å². The van der Waals surface area contributed by atoms with Crippen molar-refractivity contribution in [2.24, 2.45) is 0 Å². The maximum absolute atomic E-state index is 12.3. The summed E-state index contributed by atoms with van der Waals surface area (Å²) in [5.41, 5.74) is 0.464. The van der Waals surface area contributed by atoms with Gasteiger partial charge >= 0.3 is 12.0 Å². The second kappa shape index (κ2) is 10.0. The molecule has 1 atom stereocenters. The Balaban J connectivity index is 2.04. The lowest BCUT2D eigenvalue weighted by atomic mass is 10.1. The third kappa shape index (κ3) is 6.10. The molecule has 7 heteroatoms. The van der Waals surface area contributed by atoms with Gasteiger partial charge in [-0.25, -0.2) is 9.59 Å². The second-order valence-corrected chi connectivity index (χ2v) is 6.01. The third-order valence-electron chi connectivity index (χ3n) is 3.19. The Bertz CT molecular complexity index is 779. The highest BCUT2D eigenvalue weighted by molar-refractivity contribution is 8.02. The van der Waals surface area contributed by atoms with Crippen molar-refractivity contribution in [1.82, 2.24) is 10.6 Å². The number of rotatable bonds is 6. The van der Waals surface area contributed by atoms with Gasteiger partial charge in [0, 0.05) is 23.6 Å². The molecular formula is C19H18N2O4S. The van der Waals surface area contributed by atoms with Gasteiger partial charge in [-0.1, -0.05) is 60.3 Å². The quantitative estimate of drug-likeness (QED) is 0.464. The first kappa shape index (κ1) is 19.3. The SMILES string of the molecule is CNC(=O)NC(=O)[C@H](OC(=O)/C=C/Sc1ccccc1)c1ccccc1. The van der Waals surface area contributed by atoms with Crippen LogP contribution in [0.4, 0.5) is 4.79 Å². The highest BCUT2D eigenvalue weighted by atomic mass is 32.2. The molecule has 0 spiro atoms. The fourth-order valence-electron chi connectivity index (χ4n) is 1.96. The van der Waals surface area contributed by atoms with Gasteiger partial charge in [-0.3, -0.25) is 10.1 Å². The molecule has 26 heavy (non-hydrogen) atoms. The van der Waals surface area contributed by atoms with E-state index >= 15 is 0 Å². The molecule has 0 saturated carbocycles. The minimum atomic E-state index is -1.23. The Kier molecular flexibility index (Phi) is 7.45. The maximum Gasteiger partial charge on any atom is 0.332 e. The fraction of sp³-hybridized carbons (Fsp3) is 0.105. The molecule has 3 amide bonds. The van der Waals surface area contributed by atoms with Crippen molar-refractivity contribution in [3.63, 3.8) is 0 Å². The number of amides is 3. The smallest absolute Gasteiger partial charge is 0.332 e. The molecule has 0 aliphatic rings. The van der Waals surface area contributed by atoms with Gasteiger partial charge < -0.3 is 10.1 Å². The topological polar surface area (TPSA) is 84.5 Å². The highest BCUT2D eigenvalue weighted by Gasteiger charge is 2.25. The minimum Gasteiger partial charge on any atom is -0.444 e. The molecule has 2 rings (SSSR count). The summed E-state index contributed by atoms with van der Waals surface area (Å²) in [7, 11) is 1.38. The Morgan fingerprint density at radius 1 is 1.00 bits per heavy atom. The van der Waals surface area contributed by atoms with Crippen LogP contribution >= 0.6 is 11.8 Å². The number of carbonyl (C=O) groups is 3. The average molecular weight is 370 g/mol. The third-order valence-corrected chi connectivity index (χ3v) is 4.01. The number of thioether (sulfide) groups is 1. The Labute approximate surface area is 155 Å². The van der Waals surface area contributed by atoms with Crippen molar-refractivity contribution < 1.29 is 19.1 Å². The van der Waals surface area contributed by atoms with Gasteiger partial charge in [0.1, 0.15) is 0 Å². The van der Waals surface area contributed by atoms with Crippen molar-refractivity contribution in [2.75, 3.05) is 7.05 Å². The number of carbonyl (C=O) groups excluding carboxylic acids is 3. The average Bonchev–Trinajstić information content (AvgIpc) is 2.67. The van der Waals surface area contributed by atoms with E-state index in [2.05, 4.69) is 10.6 Å². The molecule has 0 radical (unpaired) electrons. The molecule has 0 fully saturated rings. The number of nitrogens with one attached hydrogen (secondary N) is 2. The molecular weight excluding hydrogens is 352 g/mol. The van der Waals surface area contributed by atoms with Gasteiger partial charge in [-0.15, -0.1) is 0 Å². The number of hydrogen-bond acceptors (Lipinski definition) is 5. The van der Waals surface area contributed by atoms with E-state index in [0.717, 1.165) is 4.90 Å². The molecule has 0 bridgehead atoms. The first-order valence-electron chi connectivity index (χ1n) is 7.76. The lowest BCUT2D eigenvalue weighted by Crippen LogP contribution is -2.41. The molecule has 0 heterocycles. The normalized spacial score (nSPS) is 11.6. The number of ether oxygens (including phenoxy) is 1. The van der Waals surface area contributed by atoms with Gasteiger partial charge in [0.25, 0.3) is 5.91 Å². The summed E-state index contributed by atoms with van der Waals surface area (Å²) >= 11 is 1.35. The predicted molar refractivity (Wildman–Crippen MR) is 99.3 cm³/mol. The zero-order valence-electron chi connectivity index (χ0n) is 14.0. The van der Waals surface area contributed by atoms with Crippen LogP contribution in [0.2, 0.25) is 0 Å². The number of benzene rings is 2. The number of imide groups is 1. The van der Waals surface area contributed by atoms with Crippen LogP contribution in [0, 0.1) is 0 Å². The Hall–Kier alpha value is -3.06. The van der Waals surface area contributed by atoms with Crippen LogP contribution in [0.15, 0.2) is 77.0 Å². The van der Waals surface area contributed by atoms with E-state index in [1.54, 1.807) is 35.7 Å². The van der Waals surface area contributed by atoms with Gasteiger partial charge in [-0.05, 0) is 17.5 Å². The highest BCUT2D eigenvalue weighted by Crippen LogP contribution is 2.20. The van der Waals surface area contributed by atoms with Crippen LogP contribution in [0.1, 0.15) is 11.7 Å². The van der Waals surface area contributed by atoms with E-state index in [4.69, 9.17) is 4.74 Å². The van der Waals surface area contributed by atoms with Crippen molar-refractivity contribution in [3.05, 3.63) is 77.7 Å². The number of esters is 1. The minimum absolute atomic E-state index is 0.464. The van der Waals surface area contributed by atoms with Gasteiger partial charge in [0.2, 0.25) is 6.10 Å². The molecule has 134 valence electrons. The maximum atomic E-state index is 12.3. The summed E-state index contributed by atoms with van der Waals surface area (Å²) < 4.78 is 5.25. The summed E-state index contributed by atoms with van der Waals surface area (Å²) in [5, 5.41) is 5.98. The molecule has 0 aromatic heterocycles. The lowest BCUT2D eigenvalue weighted by Gasteiger charge is -2.16. The Morgan fingerprint density at radius 2 is 1.62 bits per heavy atom. The van der Waals surface area contributed by atoms with E-state index in [0.29, 0.717) is 5.56 Å². The van der Waals surface area contributed by atoms with Crippen LogP contribution in [-0.4, -0.2) is 25.0 Å². The fourth-order valence-corrected chi connectivity index (χ4v) is 2.61. The van der Waals surface area contributed by atoms with E-state index in [9.17, 15) is 14.4 Å². The molecule has 0 saturated heterocycles. The summed E-state index contributed by atoms with van der Waals surface area (Å²) in [6.45, 7) is 0. The largest absolute Gasteiger partial charge is 0.444 e. The predicted octanol–water partition coefficient (Wildman–Crippen LogP) is 3.03. The molecule has 0 unspecified atom stereocenters. The zero-order valence-corrected chi connectivity index (χ0v) is 14.9. The van der Waals surface area contributed by atoms with Crippen molar-refractivity contribution in [3.8, 4) is 0 Å². The van der Waals surface area contributed by atoms with E-state index in [1.165, 1.54) is 24.9 Å². The van der Waals surface area contributed by atoms with Crippen LogP contribution in [0.3, 0.4) is 0 Å². The van der Waals surface area contributed by atoms with Crippen molar-refractivity contribution in [1.29, 1.82) is 0 Å². The summed E-state index contributed by atoms with van der Waals surface area (Å²) in [6.07, 6.45) is 0.00760. The van der Waals surface area contributed by atoms with E-state index < -0.39 is 24.0 Å². The molecule has 2 aromatic carbocycles. The van der Waals surface area contributed by atoms with E-state index in [-0.39, 0.29) is 0 Å². The first-order valence-corrected chi connectivity index (χ1v) is 8.64. The lowest BCUT2D eigenvalue weighted by molar-refractivity contribution is -0.151. The number of urea groups is 1. The summed E-state index contributed by atoms with van der Waals surface area (Å²) in [5.74, 6) is -1.41. The number of hydrogen-bond donors (Lipinski definition) is 2. The molecule has 2 N–H and O–H groups in total.